The minimum atomic E-state index is -4.37. The summed E-state index contributed by atoms with van der Waals surface area (Å²) in [6.07, 6.45) is -1.32. The summed E-state index contributed by atoms with van der Waals surface area (Å²) in [6, 6.07) is -1.71. The van der Waals surface area contributed by atoms with Crippen LogP contribution in [0.4, 0.5) is 13.2 Å². The molecule has 0 N–H and O–H groups in total. The SMILES string of the molecule is CC(n1cnc(C(=O)N2C[C@H]3C(C4=NOC(C)(C)C4)[C@@H]3C2)c1)C(F)(F)F. The van der Waals surface area contributed by atoms with E-state index in [0.29, 0.717) is 30.8 Å². The lowest BCUT2D eigenvalue weighted by Crippen LogP contribution is -2.33. The van der Waals surface area contributed by atoms with Crippen molar-refractivity contribution in [2.45, 2.75) is 45.0 Å². The van der Waals surface area contributed by atoms with Crippen LogP contribution in [0.5, 0.6) is 0 Å². The Morgan fingerprint density at radius 1 is 1.35 bits per heavy atom. The molecule has 1 aliphatic carbocycles. The number of halogens is 3. The van der Waals surface area contributed by atoms with Crippen molar-refractivity contribution >= 4 is 11.6 Å². The second kappa shape index (κ2) is 5.47. The number of carbonyl (C=O) groups excluding carboxylic acids is 1. The number of alkyl halides is 3. The predicted octanol–water partition coefficient (Wildman–Crippen LogP) is 2.88. The minimum absolute atomic E-state index is 0.0571. The van der Waals surface area contributed by atoms with E-state index in [0.717, 1.165) is 30.0 Å². The summed E-state index contributed by atoms with van der Waals surface area (Å²) >= 11 is 0. The van der Waals surface area contributed by atoms with Gasteiger partial charge in [-0.3, -0.25) is 4.79 Å². The average Bonchev–Trinajstić information content (AvgIpc) is 3.00. The monoisotopic (exact) mass is 370 g/mol. The van der Waals surface area contributed by atoms with Crippen molar-refractivity contribution in [1.82, 2.24) is 14.5 Å². The van der Waals surface area contributed by atoms with Crippen molar-refractivity contribution in [2.75, 3.05) is 13.1 Å². The summed E-state index contributed by atoms with van der Waals surface area (Å²) in [5.74, 6) is 0.787. The highest BCUT2D eigenvalue weighted by Crippen LogP contribution is 2.54. The van der Waals surface area contributed by atoms with Crippen LogP contribution in [0, 0.1) is 17.8 Å². The number of fused-ring (bicyclic) bond motifs is 1. The van der Waals surface area contributed by atoms with Gasteiger partial charge in [-0.1, -0.05) is 5.16 Å². The number of nitrogens with zero attached hydrogens (tertiary/aromatic N) is 4. The molecule has 1 amide bonds. The molecule has 1 unspecified atom stereocenters. The number of oxime groups is 1. The first-order valence-electron chi connectivity index (χ1n) is 8.71. The highest BCUT2D eigenvalue weighted by molar-refractivity contribution is 5.94. The van der Waals surface area contributed by atoms with Crippen LogP contribution in [-0.2, 0) is 4.84 Å². The number of hydrogen-bond acceptors (Lipinski definition) is 4. The van der Waals surface area contributed by atoms with Crippen molar-refractivity contribution in [1.29, 1.82) is 0 Å². The highest BCUT2D eigenvalue weighted by atomic mass is 19.4. The molecule has 3 aliphatic rings. The summed E-state index contributed by atoms with van der Waals surface area (Å²) < 4.78 is 39.3. The quantitative estimate of drug-likeness (QED) is 0.822. The number of aromatic nitrogens is 2. The summed E-state index contributed by atoms with van der Waals surface area (Å²) in [5.41, 5.74) is 0.867. The third-order valence-electron chi connectivity index (χ3n) is 5.62. The molecule has 3 atom stereocenters. The maximum absolute atomic E-state index is 12.8. The van der Waals surface area contributed by atoms with Crippen LogP contribution in [-0.4, -0.2) is 50.9 Å². The number of likely N-dealkylation sites (tertiary alicyclic amines) is 1. The molecule has 26 heavy (non-hydrogen) atoms. The van der Waals surface area contributed by atoms with Gasteiger partial charge in [0, 0.05) is 31.6 Å². The van der Waals surface area contributed by atoms with Crippen LogP contribution in [0.1, 0.15) is 43.7 Å². The second-order valence-electron chi connectivity index (χ2n) is 8.10. The van der Waals surface area contributed by atoms with Gasteiger partial charge in [0.2, 0.25) is 0 Å². The molecule has 1 saturated carbocycles. The van der Waals surface area contributed by atoms with E-state index in [1.54, 1.807) is 4.90 Å². The summed E-state index contributed by atoms with van der Waals surface area (Å²) in [4.78, 5) is 23.5. The Morgan fingerprint density at radius 2 is 2.00 bits per heavy atom. The van der Waals surface area contributed by atoms with Crippen LogP contribution < -0.4 is 0 Å². The molecule has 6 nitrogen and oxygen atoms in total. The Kier molecular flexibility index (Phi) is 3.65. The first-order chi connectivity index (χ1) is 12.1. The number of hydrogen-bond donors (Lipinski definition) is 0. The Morgan fingerprint density at radius 3 is 2.54 bits per heavy atom. The van der Waals surface area contributed by atoms with Gasteiger partial charge in [0.05, 0.1) is 12.0 Å². The summed E-state index contributed by atoms with van der Waals surface area (Å²) in [7, 11) is 0. The van der Waals surface area contributed by atoms with Crippen molar-refractivity contribution in [2.24, 2.45) is 22.9 Å². The topological polar surface area (TPSA) is 59.7 Å². The zero-order chi connectivity index (χ0) is 18.9. The Bertz CT molecular complexity index is 758. The van der Waals surface area contributed by atoms with E-state index in [9.17, 15) is 18.0 Å². The smallest absolute Gasteiger partial charge is 0.389 e. The Labute approximate surface area is 149 Å². The molecule has 2 aliphatic heterocycles. The number of piperidine rings is 1. The first-order valence-corrected chi connectivity index (χ1v) is 8.71. The molecule has 9 heteroatoms. The molecule has 2 fully saturated rings. The standard InChI is InChI=1S/C17H21F3N4O2/c1-9(17(18,19)20)24-7-13(21-8-24)15(25)23-5-10-11(6-23)14(10)12-4-16(2,3)26-22-12/h7-11,14H,4-6H2,1-3H3/t9?,10-,11-/m1/s1. The highest BCUT2D eigenvalue weighted by Gasteiger charge is 2.60. The maximum Gasteiger partial charge on any atom is 0.408 e. The molecule has 0 bridgehead atoms. The largest absolute Gasteiger partial charge is 0.408 e. The lowest BCUT2D eigenvalue weighted by molar-refractivity contribution is -0.163. The van der Waals surface area contributed by atoms with E-state index in [1.807, 2.05) is 13.8 Å². The zero-order valence-corrected chi connectivity index (χ0v) is 14.8. The van der Waals surface area contributed by atoms with Crippen molar-refractivity contribution in [3.8, 4) is 0 Å². The fourth-order valence-corrected chi connectivity index (χ4v) is 4.04. The lowest BCUT2D eigenvalue weighted by Gasteiger charge is -2.19. The van der Waals surface area contributed by atoms with Gasteiger partial charge in [0.25, 0.3) is 5.91 Å². The molecule has 0 aromatic carbocycles. The maximum atomic E-state index is 12.8. The van der Waals surface area contributed by atoms with Gasteiger partial charge in [0.1, 0.15) is 17.3 Å². The van der Waals surface area contributed by atoms with Gasteiger partial charge in [-0.2, -0.15) is 13.2 Å². The third-order valence-corrected chi connectivity index (χ3v) is 5.62. The number of carbonyl (C=O) groups is 1. The summed E-state index contributed by atoms with van der Waals surface area (Å²) in [6.45, 7) is 6.22. The molecule has 1 aromatic heterocycles. The van der Waals surface area contributed by atoms with E-state index in [2.05, 4.69) is 10.1 Å². The van der Waals surface area contributed by atoms with Gasteiger partial charge in [-0.15, -0.1) is 0 Å². The van der Waals surface area contributed by atoms with Crippen molar-refractivity contribution < 1.29 is 22.8 Å². The molecule has 142 valence electrons. The molecule has 3 heterocycles. The van der Waals surface area contributed by atoms with Gasteiger partial charge < -0.3 is 14.3 Å². The molecule has 4 rings (SSSR count). The van der Waals surface area contributed by atoms with Crippen LogP contribution in [0.15, 0.2) is 17.7 Å². The normalized spacial score (nSPS) is 30.6. The van der Waals surface area contributed by atoms with Crippen LogP contribution >= 0.6 is 0 Å². The molecule has 0 radical (unpaired) electrons. The van der Waals surface area contributed by atoms with Crippen LogP contribution in [0.2, 0.25) is 0 Å². The fourth-order valence-electron chi connectivity index (χ4n) is 4.04. The van der Waals surface area contributed by atoms with Crippen LogP contribution in [0.3, 0.4) is 0 Å². The van der Waals surface area contributed by atoms with E-state index in [1.165, 1.54) is 6.20 Å². The average molecular weight is 370 g/mol. The van der Waals surface area contributed by atoms with Crippen LogP contribution in [0.25, 0.3) is 0 Å². The summed E-state index contributed by atoms with van der Waals surface area (Å²) in [5, 5.41) is 4.20. The predicted molar refractivity (Wildman–Crippen MR) is 86.6 cm³/mol. The van der Waals surface area contributed by atoms with E-state index in [-0.39, 0.29) is 17.2 Å². The lowest BCUT2D eigenvalue weighted by atomic mass is 9.98. The van der Waals surface area contributed by atoms with Crippen molar-refractivity contribution in [3.05, 3.63) is 18.2 Å². The van der Waals surface area contributed by atoms with Gasteiger partial charge in [0.15, 0.2) is 0 Å². The third kappa shape index (κ3) is 2.87. The first kappa shape index (κ1) is 17.4. The number of rotatable bonds is 3. The van der Waals surface area contributed by atoms with Crippen molar-refractivity contribution in [3.63, 3.8) is 0 Å². The number of imidazole rings is 1. The van der Waals surface area contributed by atoms with Gasteiger partial charge >= 0.3 is 6.18 Å². The Balaban J connectivity index is 1.37. The molecular weight excluding hydrogens is 349 g/mol. The van der Waals surface area contributed by atoms with Gasteiger partial charge in [-0.05, 0) is 32.6 Å². The minimum Gasteiger partial charge on any atom is -0.389 e. The van der Waals surface area contributed by atoms with E-state index < -0.39 is 12.2 Å². The van der Waals surface area contributed by atoms with Gasteiger partial charge in [-0.25, -0.2) is 4.98 Å². The second-order valence-corrected chi connectivity index (χ2v) is 8.10. The molecule has 1 saturated heterocycles. The molecular formula is C17H21F3N4O2. The molecule has 0 spiro atoms. The van der Waals surface area contributed by atoms with E-state index in [4.69, 9.17) is 4.84 Å². The number of amides is 1. The van der Waals surface area contributed by atoms with E-state index >= 15 is 0 Å². The zero-order valence-electron chi connectivity index (χ0n) is 14.8. The fraction of sp³-hybridized carbons (Fsp3) is 0.706. The Hall–Kier alpha value is -2.06. The molecule has 1 aromatic rings.